The molecule has 1 atom stereocenters. The first-order valence-corrected chi connectivity index (χ1v) is 4.27. The Kier molecular flexibility index (Phi) is 3.55. The van der Waals surface area contributed by atoms with Crippen molar-refractivity contribution in [1.29, 1.82) is 0 Å². The van der Waals surface area contributed by atoms with Crippen molar-refractivity contribution in [3.63, 3.8) is 0 Å². The molecule has 78 valence electrons. The molecule has 4 heteroatoms. The lowest BCUT2D eigenvalue weighted by Crippen LogP contribution is -2.18. The number of hydrogen-bond donors (Lipinski definition) is 1. The SMILES string of the molecule is COC[C@@H](N)c1ccc(C)c(F)c1F. The molecule has 1 aromatic carbocycles. The van der Waals surface area contributed by atoms with Crippen LogP contribution in [0.25, 0.3) is 0 Å². The van der Waals surface area contributed by atoms with Gasteiger partial charge in [0.1, 0.15) is 0 Å². The average Bonchev–Trinajstić information content (AvgIpc) is 2.15. The maximum Gasteiger partial charge on any atom is 0.163 e. The van der Waals surface area contributed by atoms with E-state index in [0.29, 0.717) is 0 Å². The summed E-state index contributed by atoms with van der Waals surface area (Å²) in [5, 5.41) is 0. The topological polar surface area (TPSA) is 35.2 Å². The standard InChI is InChI=1S/C10H13F2NO/c1-6-3-4-7(8(13)5-14-2)10(12)9(6)11/h3-4,8H,5,13H2,1-2H3/t8-/m1/s1. The minimum atomic E-state index is -0.880. The normalized spacial score (nSPS) is 12.9. The molecule has 14 heavy (non-hydrogen) atoms. The van der Waals surface area contributed by atoms with Crippen molar-refractivity contribution in [3.05, 3.63) is 34.9 Å². The minimum Gasteiger partial charge on any atom is -0.383 e. The fraction of sp³-hybridized carbons (Fsp3) is 0.400. The van der Waals surface area contributed by atoms with Crippen molar-refractivity contribution < 1.29 is 13.5 Å². The molecule has 0 aromatic heterocycles. The van der Waals surface area contributed by atoms with Gasteiger partial charge in [-0.2, -0.15) is 0 Å². The molecular weight excluding hydrogens is 188 g/mol. The van der Waals surface area contributed by atoms with Gasteiger partial charge in [0.05, 0.1) is 12.6 Å². The zero-order valence-electron chi connectivity index (χ0n) is 8.18. The molecule has 0 aliphatic heterocycles. The van der Waals surface area contributed by atoms with E-state index in [4.69, 9.17) is 10.5 Å². The van der Waals surface area contributed by atoms with E-state index in [2.05, 4.69) is 0 Å². The van der Waals surface area contributed by atoms with Crippen molar-refractivity contribution in [2.75, 3.05) is 13.7 Å². The quantitative estimate of drug-likeness (QED) is 0.810. The molecule has 0 saturated carbocycles. The molecule has 1 aromatic rings. The average molecular weight is 201 g/mol. The molecule has 0 unspecified atom stereocenters. The first-order valence-electron chi connectivity index (χ1n) is 4.27. The summed E-state index contributed by atoms with van der Waals surface area (Å²) in [5.41, 5.74) is 6.02. The van der Waals surface area contributed by atoms with Gasteiger partial charge in [0, 0.05) is 12.7 Å². The third-order valence-corrected chi connectivity index (χ3v) is 2.05. The Balaban J connectivity index is 3.04. The Morgan fingerprint density at radius 3 is 2.57 bits per heavy atom. The summed E-state index contributed by atoms with van der Waals surface area (Å²) in [6.07, 6.45) is 0. The summed E-state index contributed by atoms with van der Waals surface area (Å²) in [5.74, 6) is -1.72. The molecule has 0 spiro atoms. The lowest BCUT2D eigenvalue weighted by atomic mass is 10.1. The summed E-state index contributed by atoms with van der Waals surface area (Å²) in [4.78, 5) is 0. The number of rotatable bonds is 3. The maximum absolute atomic E-state index is 13.3. The second kappa shape index (κ2) is 4.48. The van der Waals surface area contributed by atoms with Crippen LogP contribution < -0.4 is 5.73 Å². The summed E-state index contributed by atoms with van der Waals surface area (Å²) >= 11 is 0. The van der Waals surface area contributed by atoms with E-state index >= 15 is 0 Å². The lowest BCUT2D eigenvalue weighted by Gasteiger charge is -2.12. The van der Waals surface area contributed by atoms with Crippen LogP contribution in [-0.4, -0.2) is 13.7 Å². The van der Waals surface area contributed by atoms with Crippen molar-refractivity contribution in [2.24, 2.45) is 5.73 Å². The van der Waals surface area contributed by atoms with Crippen molar-refractivity contribution >= 4 is 0 Å². The van der Waals surface area contributed by atoms with Crippen LogP contribution in [0.1, 0.15) is 17.2 Å². The van der Waals surface area contributed by atoms with Crippen LogP contribution in [0.2, 0.25) is 0 Å². The first-order chi connectivity index (χ1) is 6.57. The van der Waals surface area contributed by atoms with Crippen molar-refractivity contribution in [1.82, 2.24) is 0 Å². The van der Waals surface area contributed by atoms with E-state index in [9.17, 15) is 8.78 Å². The molecule has 0 heterocycles. The molecule has 0 aliphatic carbocycles. The Morgan fingerprint density at radius 2 is 2.00 bits per heavy atom. The molecule has 0 bridgehead atoms. The van der Waals surface area contributed by atoms with E-state index < -0.39 is 17.7 Å². The highest BCUT2D eigenvalue weighted by molar-refractivity contribution is 5.27. The number of halogens is 2. The van der Waals surface area contributed by atoms with Gasteiger partial charge in [0.25, 0.3) is 0 Å². The molecule has 0 amide bonds. The van der Waals surface area contributed by atoms with E-state index in [1.807, 2.05) is 0 Å². The van der Waals surface area contributed by atoms with Crippen LogP contribution in [0.3, 0.4) is 0 Å². The zero-order valence-corrected chi connectivity index (χ0v) is 8.18. The van der Waals surface area contributed by atoms with Gasteiger partial charge in [-0.25, -0.2) is 8.78 Å². The smallest absolute Gasteiger partial charge is 0.163 e. The van der Waals surface area contributed by atoms with E-state index in [0.717, 1.165) is 0 Å². The molecule has 2 nitrogen and oxygen atoms in total. The molecular formula is C10H13F2NO. The van der Waals surface area contributed by atoms with Gasteiger partial charge < -0.3 is 10.5 Å². The van der Waals surface area contributed by atoms with Crippen LogP contribution in [0.5, 0.6) is 0 Å². The van der Waals surface area contributed by atoms with Gasteiger partial charge in [-0.05, 0) is 12.5 Å². The molecule has 0 aliphatic rings. The molecule has 2 N–H and O–H groups in total. The zero-order chi connectivity index (χ0) is 10.7. The summed E-state index contributed by atoms with van der Waals surface area (Å²) in [6.45, 7) is 1.67. The van der Waals surface area contributed by atoms with E-state index in [-0.39, 0.29) is 17.7 Å². The highest BCUT2D eigenvalue weighted by Crippen LogP contribution is 2.20. The first kappa shape index (κ1) is 11.1. The number of hydrogen-bond acceptors (Lipinski definition) is 2. The maximum atomic E-state index is 13.3. The molecule has 0 radical (unpaired) electrons. The van der Waals surface area contributed by atoms with E-state index in [1.54, 1.807) is 0 Å². The third-order valence-electron chi connectivity index (χ3n) is 2.05. The number of ether oxygens (including phenoxy) is 1. The van der Waals surface area contributed by atoms with Crippen LogP contribution in [0, 0.1) is 18.6 Å². The van der Waals surface area contributed by atoms with Crippen LogP contribution in [0.15, 0.2) is 12.1 Å². The predicted molar refractivity (Wildman–Crippen MR) is 49.9 cm³/mol. The number of nitrogens with two attached hydrogens (primary N) is 1. The fourth-order valence-corrected chi connectivity index (χ4v) is 1.22. The number of methoxy groups -OCH3 is 1. The highest BCUT2D eigenvalue weighted by Gasteiger charge is 2.16. The van der Waals surface area contributed by atoms with Gasteiger partial charge >= 0.3 is 0 Å². The van der Waals surface area contributed by atoms with Gasteiger partial charge in [0.15, 0.2) is 11.6 Å². The minimum absolute atomic E-state index is 0.148. The van der Waals surface area contributed by atoms with Crippen molar-refractivity contribution in [3.8, 4) is 0 Å². The van der Waals surface area contributed by atoms with E-state index in [1.165, 1.54) is 26.2 Å². The molecule has 0 saturated heterocycles. The van der Waals surface area contributed by atoms with Crippen molar-refractivity contribution in [2.45, 2.75) is 13.0 Å². The van der Waals surface area contributed by atoms with Gasteiger partial charge in [-0.3, -0.25) is 0 Å². The van der Waals surface area contributed by atoms with Crippen LogP contribution in [-0.2, 0) is 4.74 Å². The second-order valence-corrected chi connectivity index (χ2v) is 3.16. The number of benzene rings is 1. The second-order valence-electron chi connectivity index (χ2n) is 3.16. The largest absolute Gasteiger partial charge is 0.383 e. The Morgan fingerprint density at radius 1 is 1.36 bits per heavy atom. The predicted octanol–water partition coefficient (Wildman–Crippen LogP) is 1.92. The Hall–Kier alpha value is -1.00. The summed E-state index contributed by atoms with van der Waals surface area (Å²) in [6, 6.07) is 2.36. The van der Waals surface area contributed by atoms with Gasteiger partial charge in [-0.15, -0.1) is 0 Å². The highest BCUT2D eigenvalue weighted by atomic mass is 19.2. The fourth-order valence-electron chi connectivity index (χ4n) is 1.22. The van der Waals surface area contributed by atoms with Gasteiger partial charge in [-0.1, -0.05) is 12.1 Å². The third kappa shape index (κ3) is 2.08. The molecule has 1 rings (SSSR count). The monoisotopic (exact) mass is 201 g/mol. The summed E-state index contributed by atoms with van der Waals surface area (Å²) < 4.78 is 31.2. The number of aryl methyl sites for hydroxylation is 1. The Bertz CT molecular complexity index is 328. The van der Waals surface area contributed by atoms with Gasteiger partial charge in [0.2, 0.25) is 0 Å². The van der Waals surface area contributed by atoms with Crippen LogP contribution in [0.4, 0.5) is 8.78 Å². The lowest BCUT2D eigenvalue weighted by molar-refractivity contribution is 0.179. The Labute approximate surface area is 81.7 Å². The molecule has 0 fully saturated rings. The van der Waals surface area contributed by atoms with Crippen LogP contribution >= 0.6 is 0 Å². The summed E-state index contributed by atoms with van der Waals surface area (Å²) in [7, 11) is 1.46.